The number of amides is 1. The predicted molar refractivity (Wildman–Crippen MR) is 79.8 cm³/mol. The van der Waals surface area contributed by atoms with Crippen molar-refractivity contribution in [2.24, 2.45) is 0 Å². The molecule has 2 aromatic rings. The summed E-state index contributed by atoms with van der Waals surface area (Å²) in [4.78, 5) is 16.4. The Morgan fingerprint density at radius 2 is 2.14 bits per heavy atom. The van der Waals surface area contributed by atoms with Crippen molar-refractivity contribution in [2.45, 2.75) is 32.9 Å². The molecule has 0 spiro atoms. The Labute approximate surface area is 127 Å². The van der Waals surface area contributed by atoms with Crippen LogP contribution < -0.4 is 10.1 Å². The maximum absolute atomic E-state index is 12.8. The Kier molecular flexibility index (Phi) is 5.27. The molecule has 1 aromatic carbocycles. The number of aromatic nitrogens is 1. The number of carbonyl (C=O) groups excluding carboxylic acids is 1. The SMILES string of the molecule is CC[C@@H](Oc1ccc(F)cc1)C(=O)NCc1csc(C)n1. The van der Waals surface area contributed by atoms with Gasteiger partial charge in [0.15, 0.2) is 6.10 Å². The van der Waals surface area contributed by atoms with E-state index in [0.29, 0.717) is 18.7 Å². The third-order valence-corrected chi connectivity index (χ3v) is 3.69. The second-order valence-corrected chi connectivity index (χ2v) is 5.61. The van der Waals surface area contributed by atoms with Crippen molar-refractivity contribution in [3.8, 4) is 5.75 Å². The highest BCUT2D eigenvalue weighted by Gasteiger charge is 2.18. The van der Waals surface area contributed by atoms with Gasteiger partial charge in [-0.05, 0) is 37.6 Å². The summed E-state index contributed by atoms with van der Waals surface area (Å²) in [6, 6.07) is 5.63. The summed E-state index contributed by atoms with van der Waals surface area (Å²) in [5, 5.41) is 5.68. The number of hydrogen-bond donors (Lipinski definition) is 1. The third-order valence-electron chi connectivity index (χ3n) is 2.87. The van der Waals surface area contributed by atoms with E-state index < -0.39 is 6.10 Å². The molecule has 2 rings (SSSR count). The molecule has 1 amide bonds. The molecule has 6 heteroatoms. The van der Waals surface area contributed by atoms with Crippen LogP contribution in [0.5, 0.6) is 5.75 Å². The summed E-state index contributed by atoms with van der Waals surface area (Å²) in [6.45, 7) is 4.16. The number of benzene rings is 1. The highest BCUT2D eigenvalue weighted by atomic mass is 32.1. The Morgan fingerprint density at radius 1 is 1.43 bits per heavy atom. The molecule has 0 saturated heterocycles. The Morgan fingerprint density at radius 3 is 2.71 bits per heavy atom. The molecule has 21 heavy (non-hydrogen) atoms. The molecule has 112 valence electrons. The van der Waals surface area contributed by atoms with Gasteiger partial charge in [0, 0.05) is 5.38 Å². The fourth-order valence-electron chi connectivity index (χ4n) is 1.78. The number of nitrogens with one attached hydrogen (secondary N) is 1. The van der Waals surface area contributed by atoms with Crippen LogP contribution >= 0.6 is 11.3 Å². The van der Waals surface area contributed by atoms with Crippen molar-refractivity contribution in [3.05, 3.63) is 46.2 Å². The number of hydrogen-bond acceptors (Lipinski definition) is 4. The topological polar surface area (TPSA) is 51.2 Å². The van der Waals surface area contributed by atoms with E-state index in [2.05, 4.69) is 10.3 Å². The first kappa shape index (κ1) is 15.4. The smallest absolute Gasteiger partial charge is 0.261 e. The number of aryl methyl sites for hydroxylation is 1. The minimum absolute atomic E-state index is 0.201. The van der Waals surface area contributed by atoms with E-state index in [4.69, 9.17) is 4.74 Å². The van der Waals surface area contributed by atoms with Gasteiger partial charge in [0.1, 0.15) is 11.6 Å². The lowest BCUT2D eigenvalue weighted by Gasteiger charge is -2.16. The van der Waals surface area contributed by atoms with Crippen LogP contribution in [-0.4, -0.2) is 17.0 Å². The molecule has 1 atom stereocenters. The van der Waals surface area contributed by atoms with Crippen LogP contribution in [0.25, 0.3) is 0 Å². The maximum atomic E-state index is 12.8. The van der Waals surface area contributed by atoms with Gasteiger partial charge in [-0.15, -0.1) is 11.3 Å². The van der Waals surface area contributed by atoms with Crippen molar-refractivity contribution >= 4 is 17.2 Å². The number of carbonyl (C=O) groups is 1. The van der Waals surface area contributed by atoms with Gasteiger partial charge in [0.05, 0.1) is 17.2 Å². The van der Waals surface area contributed by atoms with Crippen LogP contribution in [0.15, 0.2) is 29.6 Å². The highest BCUT2D eigenvalue weighted by molar-refractivity contribution is 7.09. The van der Waals surface area contributed by atoms with Gasteiger partial charge >= 0.3 is 0 Å². The average molecular weight is 308 g/mol. The molecule has 0 aliphatic heterocycles. The first-order chi connectivity index (χ1) is 10.1. The van der Waals surface area contributed by atoms with Gasteiger partial charge in [-0.25, -0.2) is 9.37 Å². The maximum Gasteiger partial charge on any atom is 0.261 e. The summed E-state index contributed by atoms with van der Waals surface area (Å²) in [5.74, 6) is -0.0610. The lowest BCUT2D eigenvalue weighted by molar-refractivity contribution is -0.128. The van der Waals surface area contributed by atoms with Crippen molar-refractivity contribution in [1.82, 2.24) is 10.3 Å². The summed E-state index contributed by atoms with van der Waals surface area (Å²) in [5.41, 5.74) is 0.836. The number of nitrogens with zero attached hydrogens (tertiary/aromatic N) is 1. The molecule has 0 aliphatic rings. The molecule has 1 aromatic heterocycles. The molecule has 1 N–H and O–H groups in total. The van der Waals surface area contributed by atoms with Crippen LogP contribution in [0.1, 0.15) is 24.0 Å². The van der Waals surface area contributed by atoms with Gasteiger partial charge in [0.25, 0.3) is 5.91 Å². The lowest BCUT2D eigenvalue weighted by atomic mass is 10.2. The minimum atomic E-state index is -0.602. The molecule has 0 fully saturated rings. The zero-order chi connectivity index (χ0) is 15.2. The summed E-state index contributed by atoms with van der Waals surface area (Å²) < 4.78 is 18.4. The largest absolute Gasteiger partial charge is 0.481 e. The van der Waals surface area contributed by atoms with Crippen LogP contribution in [0, 0.1) is 12.7 Å². The molecule has 0 unspecified atom stereocenters. The summed E-state index contributed by atoms with van der Waals surface area (Å²) in [7, 11) is 0. The quantitative estimate of drug-likeness (QED) is 0.892. The van der Waals surface area contributed by atoms with E-state index in [9.17, 15) is 9.18 Å². The Hall–Kier alpha value is -1.95. The zero-order valence-electron chi connectivity index (χ0n) is 11.9. The van der Waals surface area contributed by atoms with E-state index in [1.165, 1.54) is 24.3 Å². The third kappa shape index (κ3) is 4.53. The zero-order valence-corrected chi connectivity index (χ0v) is 12.7. The van der Waals surface area contributed by atoms with Crippen molar-refractivity contribution < 1.29 is 13.9 Å². The van der Waals surface area contributed by atoms with Gasteiger partial charge < -0.3 is 10.1 Å². The molecule has 4 nitrogen and oxygen atoms in total. The number of ether oxygens (including phenoxy) is 1. The van der Waals surface area contributed by atoms with Crippen molar-refractivity contribution in [3.63, 3.8) is 0 Å². The standard InChI is InChI=1S/C15H17FN2O2S/c1-3-14(20-13-6-4-11(16)5-7-13)15(19)17-8-12-9-21-10(2)18-12/h4-7,9,14H,3,8H2,1-2H3,(H,17,19)/t14-/m1/s1. The van der Waals surface area contributed by atoms with Gasteiger partial charge in [-0.1, -0.05) is 6.92 Å². The van der Waals surface area contributed by atoms with Crippen molar-refractivity contribution in [2.75, 3.05) is 0 Å². The Bertz CT molecular complexity index is 598. The molecule has 1 heterocycles. The van der Waals surface area contributed by atoms with Crippen LogP contribution in [0.4, 0.5) is 4.39 Å². The number of rotatable bonds is 6. The average Bonchev–Trinajstić information content (AvgIpc) is 2.90. The minimum Gasteiger partial charge on any atom is -0.481 e. The van der Waals surface area contributed by atoms with Crippen molar-refractivity contribution in [1.29, 1.82) is 0 Å². The Balaban J connectivity index is 1.90. The first-order valence-corrected chi connectivity index (χ1v) is 7.57. The second-order valence-electron chi connectivity index (χ2n) is 4.54. The van der Waals surface area contributed by atoms with E-state index in [1.807, 2.05) is 19.2 Å². The van der Waals surface area contributed by atoms with E-state index >= 15 is 0 Å². The number of halogens is 1. The van der Waals surface area contributed by atoms with Crippen LogP contribution in [-0.2, 0) is 11.3 Å². The van der Waals surface area contributed by atoms with Crippen LogP contribution in [0.3, 0.4) is 0 Å². The molecular formula is C15H17FN2O2S. The number of thiazole rings is 1. The van der Waals surface area contributed by atoms with Gasteiger partial charge in [-0.2, -0.15) is 0 Å². The predicted octanol–water partition coefficient (Wildman–Crippen LogP) is 3.06. The van der Waals surface area contributed by atoms with Gasteiger partial charge in [-0.3, -0.25) is 4.79 Å². The fourth-order valence-corrected chi connectivity index (χ4v) is 2.39. The second kappa shape index (κ2) is 7.17. The monoisotopic (exact) mass is 308 g/mol. The molecule has 0 aliphatic carbocycles. The highest BCUT2D eigenvalue weighted by Crippen LogP contribution is 2.14. The molecule has 0 bridgehead atoms. The van der Waals surface area contributed by atoms with E-state index in [-0.39, 0.29) is 11.7 Å². The summed E-state index contributed by atoms with van der Waals surface area (Å²) in [6.07, 6.45) is -0.0746. The fraction of sp³-hybridized carbons (Fsp3) is 0.333. The lowest BCUT2D eigenvalue weighted by Crippen LogP contribution is -2.37. The summed E-state index contributed by atoms with van der Waals surface area (Å²) >= 11 is 1.55. The molecule has 0 radical (unpaired) electrons. The van der Waals surface area contributed by atoms with Gasteiger partial charge in [0.2, 0.25) is 0 Å². The van der Waals surface area contributed by atoms with E-state index in [1.54, 1.807) is 11.3 Å². The normalized spacial score (nSPS) is 12.0. The van der Waals surface area contributed by atoms with Crippen LogP contribution in [0.2, 0.25) is 0 Å². The molecular weight excluding hydrogens is 291 g/mol. The first-order valence-electron chi connectivity index (χ1n) is 6.69. The van der Waals surface area contributed by atoms with E-state index in [0.717, 1.165) is 10.7 Å². The molecule has 0 saturated carbocycles.